The number of amidine groups is 1. The molecule has 18 heavy (non-hydrogen) atoms. The van der Waals surface area contributed by atoms with Crippen LogP contribution in [-0.4, -0.2) is 5.84 Å². The quantitative estimate of drug-likeness (QED) is 0.754. The van der Waals surface area contributed by atoms with E-state index in [4.69, 9.17) is 5.73 Å². The molecule has 0 bridgehead atoms. The summed E-state index contributed by atoms with van der Waals surface area (Å²) in [4.78, 5) is 4.16. The zero-order chi connectivity index (χ0) is 12.9. The van der Waals surface area contributed by atoms with E-state index in [2.05, 4.69) is 4.99 Å². The summed E-state index contributed by atoms with van der Waals surface area (Å²) in [5, 5.41) is 0. The monoisotopic (exact) mass is 254 g/mol. The molecule has 2 aliphatic rings. The van der Waals surface area contributed by atoms with Gasteiger partial charge in [-0.25, -0.2) is 4.99 Å². The lowest BCUT2D eigenvalue weighted by Gasteiger charge is -2.26. The third-order valence-electron chi connectivity index (χ3n) is 3.90. The van der Waals surface area contributed by atoms with Crippen molar-refractivity contribution in [3.05, 3.63) is 29.3 Å². The number of benzene rings is 1. The van der Waals surface area contributed by atoms with Gasteiger partial charge in [0, 0.05) is 5.92 Å². The summed E-state index contributed by atoms with van der Waals surface area (Å²) in [7, 11) is 0. The van der Waals surface area contributed by atoms with Gasteiger partial charge in [-0.1, -0.05) is 12.5 Å². The van der Waals surface area contributed by atoms with Gasteiger partial charge in [-0.3, -0.25) is 0 Å². The second kappa shape index (κ2) is 3.73. The number of aliphatic imine (C=N–C) groups is 1. The number of hydrogen-bond acceptors (Lipinski definition) is 2. The number of alkyl halides is 3. The van der Waals surface area contributed by atoms with E-state index in [1.807, 2.05) is 0 Å². The topological polar surface area (TPSA) is 38.4 Å². The van der Waals surface area contributed by atoms with Crippen molar-refractivity contribution in [1.82, 2.24) is 0 Å². The molecule has 5 heteroatoms. The first-order valence-corrected chi connectivity index (χ1v) is 6.02. The molecule has 1 aromatic carbocycles. The number of hydrogen-bond donors (Lipinski definition) is 1. The van der Waals surface area contributed by atoms with Gasteiger partial charge in [0.2, 0.25) is 0 Å². The first kappa shape index (κ1) is 11.6. The minimum atomic E-state index is -4.33. The normalized spacial score (nSPS) is 26.5. The molecule has 0 saturated heterocycles. The summed E-state index contributed by atoms with van der Waals surface area (Å²) in [5.74, 6) is 0.957. The summed E-state index contributed by atoms with van der Waals surface area (Å²) in [6.07, 6.45) is -1.29. The number of halogens is 3. The van der Waals surface area contributed by atoms with E-state index in [-0.39, 0.29) is 11.8 Å². The molecule has 3 rings (SSSR count). The average molecular weight is 254 g/mol. The highest BCUT2D eigenvalue weighted by molar-refractivity contribution is 5.89. The van der Waals surface area contributed by atoms with Crippen LogP contribution in [0.5, 0.6) is 0 Å². The molecule has 1 heterocycles. The van der Waals surface area contributed by atoms with E-state index in [9.17, 15) is 13.2 Å². The number of nitrogens with zero attached hydrogens (tertiary/aromatic N) is 1. The lowest BCUT2D eigenvalue weighted by molar-refractivity contribution is -0.137. The second-order valence-corrected chi connectivity index (χ2v) is 4.95. The molecule has 1 aliphatic carbocycles. The predicted octanol–water partition coefficient (Wildman–Crippen LogP) is 3.59. The van der Waals surface area contributed by atoms with Crippen LogP contribution in [0.25, 0.3) is 0 Å². The number of fused-ring (bicyclic) bond motifs is 3. The molecule has 1 saturated carbocycles. The SMILES string of the molecule is NC1=Nc2cc(C(F)(F)F)ccc2C2CCCC12. The van der Waals surface area contributed by atoms with Gasteiger partial charge < -0.3 is 5.73 Å². The zero-order valence-corrected chi connectivity index (χ0v) is 9.67. The van der Waals surface area contributed by atoms with E-state index in [0.29, 0.717) is 11.5 Å². The van der Waals surface area contributed by atoms with Crippen molar-refractivity contribution < 1.29 is 13.2 Å². The third-order valence-corrected chi connectivity index (χ3v) is 3.90. The number of rotatable bonds is 0. The maximum absolute atomic E-state index is 12.6. The molecule has 96 valence electrons. The molecular weight excluding hydrogens is 241 g/mol. The fraction of sp³-hybridized carbons (Fsp3) is 0.462. The summed E-state index contributed by atoms with van der Waals surface area (Å²) in [5.41, 5.74) is 6.51. The van der Waals surface area contributed by atoms with E-state index in [1.54, 1.807) is 6.07 Å². The molecule has 1 aliphatic heterocycles. The molecule has 0 spiro atoms. The van der Waals surface area contributed by atoms with Crippen molar-refractivity contribution in [1.29, 1.82) is 0 Å². The van der Waals surface area contributed by atoms with Gasteiger partial charge in [-0.15, -0.1) is 0 Å². The fourth-order valence-corrected chi connectivity index (χ4v) is 3.04. The van der Waals surface area contributed by atoms with Crippen LogP contribution in [0.15, 0.2) is 23.2 Å². The zero-order valence-electron chi connectivity index (χ0n) is 9.67. The molecule has 1 aromatic rings. The molecule has 2 nitrogen and oxygen atoms in total. The fourth-order valence-electron chi connectivity index (χ4n) is 3.04. The smallest absolute Gasteiger partial charge is 0.387 e. The van der Waals surface area contributed by atoms with Crippen LogP contribution in [0, 0.1) is 5.92 Å². The van der Waals surface area contributed by atoms with Gasteiger partial charge in [0.1, 0.15) is 5.84 Å². The highest BCUT2D eigenvalue weighted by Crippen LogP contribution is 2.47. The maximum Gasteiger partial charge on any atom is 0.416 e. The van der Waals surface area contributed by atoms with Gasteiger partial charge >= 0.3 is 6.18 Å². The van der Waals surface area contributed by atoms with Crippen LogP contribution >= 0.6 is 0 Å². The van der Waals surface area contributed by atoms with E-state index in [1.165, 1.54) is 0 Å². The Kier molecular flexibility index (Phi) is 2.40. The molecule has 2 unspecified atom stereocenters. The summed E-state index contributed by atoms with van der Waals surface area (Å²) < 4.78 is 37.9. The van der Waals surface area contributed by atoms with E-state index in [0.717, 1.165) is 37.0 Å². The minimum Gasteiger partial charge on any atom is -0.387 e. The predicted molar refractivity (Wildman–Crippen MR) is 62.8 cm³/mol. The van der Waals surface area contributed by atoms with Gasteiger partial charge in [0.15, 0.2) is 0 Å². The van der Waals surface area contributed by atoms with Gasteiger partial charge in [-0.2, -0.15) is 13.2 Å². The molecule has 2 atom stereocenters. The van der Waals surface area contributed by atoms with Crippen LogP contribution in [0.3, 0.4) is 0 Å². The maximum atomic E-state index is 12.6. The lowest BCUT2D eigenvalue weighted by atomic mass is 9.84. The Morgan fingerprint density at radius 1 is 1.17 bits per heavy atom. The Hall–Kier alpha value is -1.52. The summed E-state index contributed by atoms with van der Waals surface area (Å²) >= 11 is 0. The minimum absolute atomic E-state index is 0.217. The number of nitrogens with two attached hydrogens (primary N) is 1. The van der Waals surface area contributed by atoms with Crippen molar-refractivity contribution in [3.8, 4) is 0 Å². The van der Waals surface area contributed by atoms with Crippen LogP contribution in [0.1, 0.15) is 36.3 Å². The lowest BCUT2D eigenvalue weighted by Crippen LogP contribution is -2.28. The van der Waals surface area contributed by atoms with Crippen molar-refractivity contribution in [2.24, 2.45) is 16.6 Å². The molecule has 0 radical (unpaired) electrons. The van der Waals surface area contributed by atoms with Crippen LogP contribution in [-0.2, 0) is 6.18 Å². The summed E-state index contributed by atoms with van der Waals surface area (Å²) in [6.45, 7) is 0. The van der Waals surface area contributed by atoms with Crippen LogP contribution in [0.4, 0.5) is 18.9 Å². The van der Waals surface area contributed by atoms with Gasteiger partial charge in [0.05, 0.1) is 11.3 Å². The summed E-state index contributed by atoms with van der Waals surface area (Å²) in [6, 6.07) is 3.82. The van der Waals surface area contributed by atoms with E-state index >= 15 is 0 Å². The molecule has 1 fully saturated rings. The highest BCUT2D eigenvalue weighted by Gasteiger charge is 2.37. The van der Waals surface area contributed by atoms with Crippen LogP contribution < -0.4 is 5.73 Å². The van der Waals surface area contributed by atoms with Crippen molar-refractivity contribution >= 4 is 11.5 Å². The standard InChI is InChI=1S/C13H13F3N2/c14-13(15,16)7-4-5-9-8-2-1-3-10(8)12(17)18-11(9)6-7/h4-6,8,10H,1-3H2,(H2,17,18). The first-order chi connectivity index (χ1) is 8.47. The molecular formula is C13H13F3N2. The Bertz CT molecular complexity index is 519. The van der Waals surface area contributed by atoms with Gasteiger partial charge in [0.25, 0.3) is 0 Å². The first-order valence-electron chi connectivity index (χ1n) is 6.02. The van der Waals surface area contributed by atoms with Gasteiger partial charge in [-0.05, 0) is 36.5 Å². The second-order valence-electron chi connectivity index (χ2n) is 4.95. The molecule has 0 aromatic heterocycles. The Morgan fingerprint density at radius 2 is 1.89 bits per heavy atom. The van der Waals surface area contributed by atoms with Crippen molar-refractivity contribution in [3.63, 3.8) is 0 Å². The van der Waals surface area contributed by atoms with Crippen LogP contribution in [0.2, 0.25) is 0 Å². The average Bonchev–Trinajstić information content (AvgIpc) is 2.77. The Balaban J connectivity index is 2.09. The van der Waals surface area contributed by atoms with Crippen molar-refractivity contribution in [2.75, 3.05) is 0 Å². The third kappa shape index (κ3) is 1.69. The molecule has 0 amide bonds. The Labute approximate surface area is 103 Å². The highest BCUT2D eigenvalue weighted by atomic mass is 19.4. The largest absolute Gasteiger partial charge is 0.416 e. The molecule has 2 N–H and O–H groups in total. The Morgan fingerprint density at radius 3 is 2.61 bits per heavy atom. The van der Waals surface area contributed by atoms with E-state index < -0.39 is 11.7 Å². The van der Waals surface area contributed by atoms with Crippen molar-refractivity contribution in [2.45, 2.75) is 31.4 Å².